The summed E-state index contributed by atoms with van der Waals surface area (Å²) in [5.74, 6) is 0. The van der Waals surface area contributed by atoms with E-state index in [4.69, 9.17) is 14.3 Å². The number of hydrogen-bond acceptors (Lipinski definition) is 2. The van der Waals surface area contributed by atoms with Gasteiger partial charge in [-0.25, -0.2) is 0 Å². The van der Waals surface area contributed by atoms with Gasteiger partial charge in [-0.3, -0.25) is 0 Å². The third-order valence-corrected chi connectivity index (χ3v) is 0. The summed E-state index contributed by atoms with van der Waals surface area (Å²) in [6, 6.07) is 0. The smallest absolute Gasteiger partial charge is 0 e. The molecule has 0 aromatic carbocycles. The van der Waals surface area contributed by atoms with Gasteiger partial charge in [0.15, 0.2) is 17.4 Å². The summed E-state index contributed by atoms with van der Waals surface area (Å²) >= 11 is -5.52. The molecule has 1 radical (unpaired) electrons. The van der Waals surface area contributed by atoms with Crippen LogP contribution in [0, 0.1) is 0 Å². The third kappa shape index (κ3) is 58.5. The van der Waals surface area contributed by atoms with Crippen molar-refractivity contribution in [3.05, 3.63) is 0 Å². The van der Waals surface area contributed by atoms with Gasteiger partial charge >= 0.3 is 76.5 Å². The van der Waals surface area contributed by atoms with Crippen LogP contribution in [0.4, 0.5) is 0 Å². The van der Waals surface area contributed by atoms with Crippen LogP contribution < -0.4 is 0 Å². The van der Waals surface area contributed by atoms with Crippen LogP contribution in [0.15, 0.2) is 0 Å². The van der Waals surface area contributed by atoms with Crippen LogP contribution in [0.25, 0.3) is 0 Å². The first-order valence-electron chi connectivity index (χ1n) is 0.698. The van der Waals surface area contributed by atoms with Crippen molar-refractivity contribution >= 4 is 62.8 Å². The SMILES string of the molecule is [AlH3].[O]=[Mo](=[O])([OH])[OH].[SrH2].[Y]. The quantitative estimate of drug-likeness (QED) is 0.435. The van der Waals surface area contributed by atoms with Crippen LogP contribution in [0.5, 0.6) is 0 Å². The summed E-state index contributed by atoms with van der Waals surface area (Å²) in [5.41, 5.74) is 0. The molecular formula is H7AlMoO4SrY. The van der Waals surface area contributed by atoms with Crippen molar-refractivity contribution < 1.29 is 63.8 Å². The van der Waals surface area contributed by atoms with Crippen molar-refractivity contribution in [2.24, 2.45) is 0 Å². The molecule has 45 valence electrons. The molecule has 0 fully saturated rings. The monoisotopic (exact) mass is 373 g/mol. The average molecular weight is 370 g/mol. The van der Waals surface area contributed by atoms with Gasteiger partial charge in [0.2, 0.25) is 0 Å². The van der Waals surface area contributed by atoms with Crippen LogP contribution in [-0.2, 0) is 56.3 Å². The molecule has 0 saturated carbocycles. The molecule has 0 atom stereocenters. The zero-order chi connectivity index (χ0) is 4.50. The number of rotatable bonds is 0. The van der Waals surface area contributed by atoms with E-state index >= 15 is 0 Å². The molecule has 0 aliphatic rings. The van der Waals surface area contributed by atoms with Crippen molar-refractivity contribution in [1.82, 2.24) is 0 Å². The molecule has 8 heteroatoms. The Morgan fingerprint density at radius 1 is 1.12 bits per heavy atom. The Labute approximate surface area is 123 Å². The Morgan fingerprint density at radius 3 is 1.12 bits per heavy atom. The van der Waals surface area contributed by atoms with E-state index in [-0.39, 0.29) is 95.6 Å². The molecule has 4 nitrogen and oxygen atoms in total. The first kappa shape index (κ1) is 22.5. The van der Waals surface area contributed by atoms with Gasteiger partial charge in [0.05, 0.1) is 0 Å². The molecular weight excluding hydrogens is 363 g/mol. The minimum Gasteiger partial charge on any atom is 0 e. The molecule has 0 bridgehead atoms. The van der Waals surface area contributed by atoms with E-state index in [0.29, 0.717) is 0 Å². The maximum absolute atomic E-state index is 8.85. The Balaban J connectivity index is -0.0000000267. The first-order valence-corrected chi connectivity index (χ1v) is 4.13. The molecule has 0 heterocycles. The average Bonchev–Trinajstić information content (AvgIpc) is 0.722. The van der Waals surface area contributed by atoms with Gasteiger partial charge in [0.1, 0.15) is 0 Å². The Hall–Kier alpha value is 3.33. The number of hydrogen-bond donors (Lipinski definition) is 2. The second-order valence-electron chi connectivity index (χ2n) is 0.448. The molecule has 0 spiro atoms. The predicted octanol–water partition coefficient (Wildman–Crippen LogP) is -3.46. The van der Waals surface area contributed by atoms with E-state index in [9.17, 15) is 0 Å². The van der Waals surface area contributed by atoms with Gasteiger partial charge in [0.25, 0.3) is 0 Å². The molecule has 8 heavy (non-hydrogen) atoms. The van der Waals surface area contributed by atoms with Crippen molar-refractivity contribution in [3.63, 3.8) is 0 Å². The van der Waals surface area contributed by atoms with Crippen LogP contribution in [0.1, 0.15) is 0 Å². The topological polar surface area (TPSA) is 74.6 Å². The molecule has 0 aromatic heterocycles. The van der Waals surface area contributed by atoms with Crippen LogP contribution >= 0.6 is 0 Å². The van der Waals surface area contributed by atoms with Crippen molar-refractivity contribution in [2.45, 2.75) is 0 Å². The van der Waals surface area contributed by atoms with Gasteiger partial charge in [-0.1, -0.05) is 0 Å². The summed E-state index contributed by atoms with van der Waals surface area (Å²) in [7, 11) is 0. The van der Waals surface area contributed by atoms with E-state index in [1.807, 2.05) is 0 Å². The van der Waals surface area contributed by atoms with E-state index in [2.05, 4.69) is 0 Å². The summed E-state index contributed by atoms with van der Waals surface area (Å²) in [6.07, 6.45) is 0. The summed E-state index contributed by atoms with van der Waals surface area (Å²) in [6.45, 7) is 0. The van der Waals surface area contributed by atoms with E-state index in [0.717, 1.165) is 0 Å². The molecule has 0 rings (SSSR count). The molecule has 0 unspecified atom stereocenters. The van der Waals surface area contributed by atoms with Crippen molar-refractivity contribution in [3.8, 4) is 0 Å². The minimum atomic E-state index is -5.52. The molecule has 0 aliphatic carbocycles. The fraction of sp³-hybridized carbons (Fsp3) is 0. The van der Waals surface area contributed by atoms with Gasteiger partial charge in [-0.05, 0) is 0 Å². The van der Waals surface area contributed by atoms with Gasteiger partial charge < -0.3 is 0 Å². The zero-order valence-corrected chi connectivity index (χ0v) is 7.54. The fourth-order valence-corrected chi connectivity index (χ4v) is 0. The van der Waals surface area contributed by atoms with Gasteiger partial charge in [0, 0.05) is 32.7 Å². The second-order valence-corrected chi connectivity index (χ2v) is 2.65. The van der Waals surface area contributed by atoms with Crippen molar-refractivity contribution in [1.29, 1.82) is 0 Å². The largest absolute Gasteiger partial charge is 0 e. The van der Waals surface area contributed by atoms with Crippen LogP contribution in [-0.4, -0.2) is 70.4 Å². The van der Waals surface area contributed by atoms with E-state index in [1.54, 1.807) is 0 Å². The van der Waals surface area contributed by atoms with E-state index < -0.39 is 16.7 Å². The van der Waals surface area contributed by atoms with Crippen LogP contribution in [0.2, 0.25) is 0 Å². The molecule has 0 aromatic rings. The minimum absolute atomic E-state index is 0. The summed E-state index contributed by atoms with van der Waals surface area (Å²) < 4.78 is 32.0. The Kier molecular flexibility index (Phi) is 29.0. The summed E-state index contributed by atoms with van der Waals surface area (Å²) in [4.78, 5) is 0. The summed E-state index contributed by atoms with van der Waals surface area (Å²) in [5, 5.41) is 0. The first-order chi connectivity index (χ1) is 2.00. The normalized spacial score (nSPS) is 7.25. The molecule has 0 saturated heterocycles. The fourth-order valence-electron chi connectivity index (χ4n) is 0. The van der Waals surface area contributed by atoms with Crippen LogP contribution in [0.3, 0.4) is 0 Å². The maximum Gasteiger partial charge on any atom is 0 e. The second kappa shape index (κ2) is 10.3. The maximum atomic E-state index is 8.85. The van der Waals surface area contributed by atoms with Gasteiger partial charge in [-0.15, -0.1) is 0 Å². The molecule has 0 aliphatic heterocycles. The molecule has 2 N–H and O–H groups in total. The Bertz CT molecular complexity index is 99.2. The molecule has 0 amide bonds. The zero-order valence-electron chi connectivity index (χ0n) is 2.70. The predicted molar refractivity (Wildman–Crippen MR) is 24.3 cm³/mol. The third-order valence-electron chi connectivity index (χ3n) is 0. The van der Waals surface area contributed by atoms with E-state index in [1.165, 1.54) is 0 Å². The standard InChI is InChI=1S/Al.Mo.2H2O.2O.Sr.Y.5H/h;;2*1H2;;;;;;;;;/q;+2;;;;;;;;;;;/p-2. The van der Waals surface area contributed by atoms with Crippen molar-refractivity contribution in [2.75, 3.05) is 0 Å². The Morgan fingerprint density at radius 2 is 1.12 bits per heavy atom. The van der Waals surface area contributed by atoms with Gasteiger partial charge in [-0.2, -0.15) is 0 Å².